The predicted octanol–water partition coefficient (Wildman–Crippen LogP) is 0.572. The lowest BCUT2D eigenvalue weighted by molar-refractivity contribution is -0.120. The van der Waals surface area contributed by atoms with Crippen molar-refractivity contribution in [1.29, 1.82) is 0 Å². The third-order valence-electron chi connectivity index (χ3n) is 3.57. The van der Waals surface area contributed by atoms with Gasteiger partial charge in [0.15, 0.2) is 0 Å². The maximum Gasteiger partial charge on any atom is 0.235 e. The number of hydrogen-bond acceptors (Lipinski definition) is 3. The summed E-state index contributed by atoms with van der Waals surface area (Å²) in [7, 11) is 1.79. The van der Waals surface area contributed by atoms with E-state index in [0.29, 0.717) is 5.41 Å². The number of nitrogens with one attached hydrogen (secondary N) is 1. The Balaban J connectivity index is 2.46. The van der Waals surface area contributed by atoms with Crippen LogP contribution in [0.4, 0.5) is 0 Å². The number of likely N-dealkylation sites (tertiary alicyclic amines) is 1. The fourth-order valence-electron chi connectivity index (χ4n) is 2.24. The molecule has 1 rings (SSSR count). The van der Waals surface area contributed by atoms with Crippen LogP contribution in [-0.4, -0.2) is 43.5 Å². The molecular weight excluding hydrogens is 202 g/mol. The molecule has 3 N–H and O–H groups in total. The second-order valence-corrected chi connectivity index (χ2v) is 5.56. The van der Waals surface area contributed by atoms with Gasteiger partial charge in [0.25, 0.3) is 0 Å². The highest BCUT2D eigenvalue weighted by atomic mass is 16.1. The van der Waals surface area contributed by atoms with E-state index in [0.717, 1.165) is 19.6 Å². The third kappa shape index (κ3) is 4.10. The number of likely N-dealkylation sites (N-methyl/N-ethyl adjacent to an activating group) is 1. The van der Waals surface area contributed by atoms with Crippen LogP contribution in [0.3, 0.4) is 0 Å². The van der Waals surface area contributed by atoms with Crippen LogP contribution in [0.25, 0.3) is 0 Å². The second kappa shape index (κ2) is 5.64. The Bertz CT molecular complexity index is 240. The zero-order valence-corrected chi connectivity index (χ0v) is 10.8. The molecule has 0 radical (unpaired) electrons. The predicted molar refractivity (Wildman–Crippen MR) is 66.1 cm³/mol. The summed E-state index contributed by atoms with van der Waals surface area (Å²) in [5.74, 6) is -0.258. The molecule has 94 valence electrons. The van der Waals surface area contributed by atoms with Crippen molar-refractivity contribution in [2.75, 3.05) is 26.7 Å². The van der Waals surface area contributed by atoms with E-state index in [4.69, 9.17) is 5.73 Å². The van der Waals surface area contributed by atoms with E-state index in [1.165, 1.54) is 19.3 Å². The Kier molecular flexibility index (Phi) is 4.74. The number of carbonyl (C=O) groups is 1. The van der Waals surface area contributed by atoms with Gasteiger partial charge < -0.3 is 16.0 Å². The molecule has 1 saturated heterocycles. The molecule has 1 unspecified atom stereocenters. The Labute approximate surface area is 98.6 Å². The van der Waals surface area contributed by atoms with E-state index in [1.54, 1.807) is 7.05 Å². The number of primary amides is 1. The normalized spacial score (nSPS) is 23.7. The molecular formula is C12H25N3O. The Hall–Kier alpha value is -0.610. The van der Waals surface area contributed by atoms with Crippen LogP contribution >= 0.6 is 0 Å². The van der Waals surface area contributed by atoms with Crippen molar-refractivity contribution in [3.8, 4) is 0 Å². The molecule has 4 heteroatoms. The molecule has 0 aliphatic carbocycles. The smallest absolute Gasteiger partial charge is 0.235 e. The number of amides is 1. The van der Waals surface area contributed by atoms with Crippen LogP contribution in [0.1, 0.15) is 33.1 Å². The zero-order valence-electron chi connectivity index (χ0n) is 10.8. The summed E-state index contributed by atoms with van der Waals surface area (Å²) in [6, 6.07) is -0.221. The van der Waals surface area contributed by atoms with E-state index in [1.807, 2.05) is 0 Å². The first-order valence-corrected chi connectivity index (χ1v) is 6.13. The van der Waals surface area contributed by atoms with Gasteiger partial charge in [-0.3, -0.25) is 4.79 Å². The van der Waals surface area contributed by atoms with Gasteiger partial charge in [-0.05, 0) is 44.8 Å². The van der Waals surface area contributed by atoms with E-state index < -0.39 is 0 Å². The fourth-order valence-corrected chi connectivity index (χ4v) is 2.24. The summed E-state index contributed by atoms with van der Waals surface area (Å²) in [5.41, 5.74) is 5.77. The maximum atomic E-state index is 11.2. The van der Waals surface area contributed by atoms with Gasteiger partial charge in [0.05, 0.1) is 6.04 Å². The minimum atomic E-state index is -0.258. The van der Waals surface area contributed by atoms with Gasteiger partial charge in [-0.15, -0.1) is 0 Å². The molecule has 0 spiro atoms. The molecule has 4 nitrogen and oxygen atoms in total. The number of nitrogens with two attached hydrogens (primary N) is 1. The molecule has 0 aromatic heterocycles. The van der Waals surface area contributed by atoms with Crippen molar-refractivity contribution in [3.05, 3.63) is 0 Å². The summed E-state index contributed by atoms with van der Waals surface area (Å²) in [4.78, 5) is 13.5. The number of nitrogens with zero attached hydrogens (tertiary/aromatic N) is 1. The molecule has 1 heterocycles. The van der Waals surface area contributed by atoms with Crippen molar-refractivity contribution in [1.82, 2.24) is 10.2 Å². The van der Waals surface area contributed by atoms with Crippen molar-refractivity contribution >= 4 is 5.91 Å². The van der Waals surface area contributed by atoms with Crippen molar-refractivity contribution < 1.29 is 4.79 Å². The average molecular weight is 227 g/mol. The summed E-state index contributed by atoms with van der Waals surface area (Å²) < 4.78 is 0. The first-order valence-electron chi connectivity index (χ1n) is 6.13. The summed E-state index contributed by atoms with van der Waals surface area (Å²) in [5, 5.41) is 2.97. The molecule has 0 aromatic rings. The van der Waals surface area contributed by atoms with E-state index in [2.05, 4.69) is 24.1 Å². The lowest BCUT2D eigenvalue weighted by Gasteiger charge is -2.25. The van der Waals surface area contributed by atoms with Gasteiger partial charge in [-0.1, -0.05) is 13.8 Å². The molecule has 1 aliphatic heterocycles. The van der Waals surface area contributed by atoms with Crippen LogP contribution in [0.5, 0.6) is 0 Å². The quantitative estimate of drug-likeness (QED) is 0.738. The molecule has 0 aromatic carbocycles. The van der Waals surface area contributed by atoms with Crippen LogP contribution in [-0.2, 0) is 4.79 Å². The standard InChI is InChI=1S/C12H25N3O/c1-12(2)5-4-7-15(8-6-12)9-10(14-3)11(13)16/h10,14H,4-9H2,1-3H3,(H2,13,16). The van der Waals surface area contributed by atoms with E-state index in [9.17, 15) is 4.79 Å². The molecule has 0 bridgehead atoms. The molecule has 1 atom stereocenters. The number of rotatable bonds is 4. The summed E-state index contributed by atoms with van der Waals surface area (Å²) >= 11 is 0. The highest BCUT2D eigenvalue weighted by Gasteiger charge is 2.25. The SMILES string of the molecule is CNC(CN1CCCC(C)(C)CC1)C(N)=O. The topological polar surface area (TPSA) is 58.4 Å². The van der Waals surface area contributed by atoms with Crippen molar-refractivity contribution in [2.24, 2.45) is 11.1 Å². The Morgan fingerprint density at radius 1 is 1.44 bits per heavy atom. The molecule has 16 heavy (non-hydrogen) atoms. The fraction of sp³-hybridized carbons (Fsp3) is 0.917. The average Bonchev–Trinajstić information content (AvgIpc) is 2.36. The number of carbonyl (C=O) groups excluding carboxylic acids is 1. The van der Waals surface area contributed by atoms with Crippen LogP contribution in [0, 0.1) is 5.41 Å². The van der Waals surface area contributed by atoms with Gasteiger partial charge in [0, 0.05) is 6.54 Å². The van der Waals surface area contributed by atoms with Crippen molar-refractivity contribution in [2.45, 2.75) is 39.2 Å². The van der Waals surface area contributed by atoms with Gasteiger partial charge in [0.1, 0.15) is 0 Å². The molecule has 0 saturated carbocycles. The summed E-state index contributed by atoms with van der Waals surface area (Å²) in [6.45, 7) is 7.52. The highest BCUT2D eigenvalue weighted by Crippen LogP contribution is 2.29. The van der Waals surface area contributed by atoms with Gasteiger partial charge in [0.2, 0.25) is 5.91 Å². The lowest BCUT2D eigenvalue weighted by Crippen LogP contribution is -2.48. The number of hydrogen-bond donors (Lipinski definition) is 2. The first-order chi connectivity index (χ1) is 7.44. The molecule has 1 fully saturated rings. The minimum absolute atomic E-state index is 0.221. The van der Waals surface area contributed by atoms with Gasteiger partial charge in [-0.2, -0.15) is 0 Å². The van der Waals surface area contributed by atoms with Crippen LogP contribution in [0.15, 0.2) is 0 Å². The van der Waals surface area contributed by atoms with E-state index in [-0.39, 0.29) is 11.9 Å². The third-order valence-corrected chi connectivity index (χ3v) is 3.57. The maximum absolute atomic E-state index is 11.2. The summed E-state index contributed by atoms with van der Waals surface area (Å²) in [6.07, 6.45) is 3.68. The second-order valence-electron chi connectivity index (χ2n) is 5.56. The lowest BCUT2D eigenvalue weighted by atomic mass is 9.85. The molecule has 1 aliphatic rings. The van der Waals surface area contributed by atoms with Crippen LogP contribution in [0.2, 0.25) is 0 Å². The van der Waals surface area contributed by atoms with Crippen molar-refractivity contribution in [3.63, 3.8) is 0 Å². The van der Waals surface area contributed by atoms with Crippen LogP contribution < -0.4 is 11.1 Å². The zero-order chi connectivity index (χ0) is 12.2. The van der Waals surface area contributed by atoms with Gasteiger partial charge >= 0.3 is 0 Å². The highest BCUT2D eigenvalue weighted by molar-refractivity contribution is 5.80. The van der Waals surface area contributed by atoms with Gasteiger partial charge in [-0.25, -0.2) is 0 Å². The Morgan fingerprint density at radius 2 is 2.12 bits per heavy atom. The first kappa shape index (κ1) is 13.5. The van der Waals surface area contributed by atoms with E-state index >= 15 is 0 Å². The minimum Gasteiger partial charge on any atom is -0.368 e. The molecule has 1 amide bonds. The Morgan fingerprint density at radius 3 is 2.69 bits per heavy atom. The monoisotopic (exact) mass is 227 g/mol. The largest absolute Gasteiger partial charge is 0.368 e.